The normalized spacial score (nSPS) is 32.3. The van der Waals surface area contributed by atoms with Gasteiger partial charge in [-0.2, -0.15) is 5.26 Å². The van der Waals surface area contributed by atoms with Gasteiger partial charge in [0.2, 0.25) is 0 Å². The van der Waals surface area contributed by atoms with Crippen LogP contribution >= 0.6 is 0 Å². The average Bonchev–Trinajstić information content (AvgIpc) is 2.30. The van der Waals surface area contributed by atoms with Crippen LogP contribution in [0.25, 0.3) is 0 Å². The molecule has 1 rings (SSSR count). The number of hydrogen-bond acceptors (Lipinski definition) is 2. The molecule has 10 heavy (non-hydrogen) atoms. The topological polar surface area (TPSA) is 27.0 Å². The molecule has 0 spiro atoms. The minimum atomic E-state index is 0.481. The molecule has 2 heteroatoms. The first-order chi connectivity index (χ1) is 4.79. The van der Waals surface area contributed by atoms with E-state index in [2.05, 4.69) is 20.0 Å². The standard InChI is InChI=1S/C8H14N2/c1-3-8-5-4-7(2)10(8)6-9/h7-8H,3-5H2,1-2H3. The zero-order valence-electron chi connectivity index (χ0n) is 6.67. The van der Waals surface area contributed by atoms with Gasteiger partial charge in [0, 0.05) is 12.1 Å². The predicted molar refractivity (Wildman–Crippen MR) is 40.2 cm³/mol. The zero-order valence-corrected chi connectivity index (χ0v) is 6.67. The maximum absolute atomic E-state index is 8.71. The lowest BCUT2D eigenvalue weighted by Crippen LogP contribution is -2.28. The fourth-order valence-corrected chi connectivity index (χ4v) is 1.65. The third kappa shape index (κ3) is 1.09. The largest absolute Gasteiger partial charge is 0.305 e. The van der Waals surface area contributed by atoms with Crippen LogP contribution in [0, 0.1) is 11.5 Å². The van der Waals surface area contributed by atoms with Crippen LogP contribution in [-0.4, -0.2) is 17.0 Å². The van der Waals surface area contributed by atoms with Crippen LogP contribution in [0.4, 0.5) is 0 Å². The molecule has 2 unspecified atom stereocenters. The van der Waals surface area contributed by atoms with Gasteiger partial charge in [0.15, 0.2) is 6.19 Å². The fourth-order valence-electron chi connectivity index (χ4n) is 1.65. The molecule has 56 valence electrons. The van der Waals surface area contributed by atoms with Crippen molar-refractivity contribution in [2.24, 2.45) is 0 Å². The molecular weight excluding hydrogens is 124 g/mol. The molecule has 0 N–H and O–H groups in total. The summed E-state index contributed by atoms with van der Waals surface area (Å²) in [5.41, 5.74) is 0. The van der Waals surface area contributed by atoms with E-state index in [9.17, 15) is 0 Å². The van der Waals surface area contributed by atoms with Gasteiger partial charge in [-0.05, 0) is 26.2 Å². The Morgan fingerprint density at radius 1 is 1.60 bits per heavy atom. The Morgan fingerprint density at radius 3 is 2.70 bits per heavy atom. The molecule has 0 aliphatic carbocycles. The number of rotatable bonds is 1. The van der Waals surface area contributed by atoms with E-state index >= 15 is 0 Å². The van der Waals surface area contributed by atoms with Gasteiger partial charge in [0.1, 0.15) is 0 Å². The monoisotopic (exact) mass is 138 g/mol. The van der Waals surface area contributed by atoms with Crippen molar-refractivity contribution in [3.05, 3.63) is 0 Å². The lowest BCUT2D eigenvalue weighted by atomic mass is 10.2. The molecule has 2 atom stereocenters. The molecule has 1 fully saturated rings. The van der Waals surface area contributed by atoms with Crippen LogP contribution < -0.4 is 0 Å². The van der Waals surface area contributed by atoms with Gasteiger partial charge in [0.05, 0.1) is 0 Å². The highest BCUT2D eigenvalue weighted by atomic mass is 15.2. The van der Waals surface area contributed by atoms with Crippen LogP contribution in [0.3, 0.4) is 0 Å². The second kappa shape index (κ2) is 2.92. The second-order valence-electron chi connectivity index (χ2n) is 3.00. The van der Waals surface area contributed by atoms with E-state index in [0.29, 0.717) is 12.1 Å². The third-order valence-corrected chi connectivity index (χ3v) is 2.37. The van der Waals surface area contributed by atoms with Gasteiger partial charge >= 0.3 is 0 Å². The number of hydrogen-bond donors (Lipinski definition) is 0. The van der Waals surface area contributed by atoms with Crippen molar-refractivity contribution < 1.29 is 0 Å². The van der Waals surface area contributed by atoms with Crippen molar-refractivity contribution >= 4 is 0 Å². The van der Waals surface area contributed by atoms with Gasteiger partial charge in [-0.3, -0.25) is 0 Å². The summed E-state index contributed by atoms with van der Waals surface area (Å²) in [6, 6.07) is 1.01. The van der Waals surface area contributed by atoms with E-state index in [-0.39, 0.29) is 0 Å². The highest BCUT2D eigenvalue weighted by molar-refractivity contribution is 4.92. The number of likely N-dealkylation sites (tertiary alicyclic amines) is 1. The molecule has 1 aliphatic rings. The summed E-state index contributed by atoms with van der Waals surface area (Å²) in [4.78, 5) is 1.93. The summed E-state index contributed by atoms with van der Waals surface area (Å²) in [5, 5.41) is 8.71. The van der Waals surface area contributed by atoms with E-state index in [1.54, 1.807) is 0 Å². The summed E-state index contributed by atoms with van der Waals surface area (Å²) in [6.45, 7) is 4.27. The predicted octanol–water partition coefficient (Wildman–Crippen LogP) is 1.73. The Kier molecular flexibility index (Phi) is 2.16. The van der Waals surface area contributed by atoms with Gasteiger partial charge in [-0.25, -0.2) is 0 Å². The van der Waals surface area contributed by atoms with E-state index in [1.165, 1.54) is 12.8 Å². The maximum Gasteiger partial charge on any atom is 0.179 e. The molecule has 0 bridgehead atoms. The van der Waals surface area contributed by atoms with Gasteiger partial charge < -0.3 is 4.90 Å². The van der Waals surface area contributed by atoms with Crippen molar-refractivity contribution in [3.8, 4) is 6.19 Å². The van der Waals surface area contributed by atoms with E-state index < -0.39 is 0 Å². The fraction of sp³-hybridized carbons (Fsp3) is 0.875. The smallest absolute Gasteiger partial charge is 0.179 e. The van der Waals surface area contributed by atoms with Gasteiger partial charge in [-0.1, -0.05) is 6.92 Å². The van der Waals surface area contributed by atoms with Crippen LogP contribution in [0.2, 0.25) is 0 Å². The van der Waals surface area contributed by atoms with E-state index in [4.69, 9.17) is 5.26 Å². The summed E-state index contributed by atoms with van der Waals surface area (Å²) in [6.07, 6.45) is 5.74. The highest BCUT2D eigenvalue weighted by Crippen LogP contribution is 2.24. The van der Waals surface area contributed by atoms with Crippen LogP contribution in [0.15, 0.2) is 0 Å². The second-order valence-corrected chi connectivity index (χ2v) is 3.00. The zero-order chi connectivity index (χ0) is 7.56. The Labute approximate surface area is 62.4 Å². The first-order valence-electron chi connectivity index (χ1n) is 3.97. The van der Waals surface area contributed by atoms with E-state index in [0.717, 1.165) is 6.42 Å². The minimum Gasteiger partial charge on any atom is -0.305 e. The van der Waals surface area contributed by atoms with Crippen LogP contribution in [0.1, 0.15) is 33.1 Å². The SMILES string of the molecule is CCC1CCC(C)N1C#N. The summed E-state index contributed by atoms with van der Waals surface area (Å²) >= 11 is 0. The number of nitrogens with zero attached hydrogens (tertiary/aromatic N) is 2. The quantitative estimate of drug-likeness (QED) is 0.516. The lowest BCUT2D eigenvalue weighted by Gasteiger charge is -2.20. The molecule has 0 radical (unpaired) electrons. The molecule has 1 heterocycles. The summed E-state index contributed by atoms with van der Waals surface area (Å²) in [7, 11) is 0. The van der Waals surface area contributed by atoms with Crippen LogP contribution in [-0.2, 0) is 0 Å². The van der Waals surface area contributed by atoms with Crippen molar-refractivity contribution in [1.82, 2.24) is 4.90 Å². The Bertz CT molecular complexity index is 148. The molecule has 0 aromatic heterocycles. The Hall–Kier alpha value is -0.710. The summed E-state index contributed by atoms with van der Waals surface area (Å²) in [5.74, 6) is 0. The minimum absolute atomic E-state index is 0.481. The molecule has 0 amide bonds. The molecule has 1 aliphatic heterocycles. The Morgan fingerprint density at radius 2 is 2.30 bits per heavy atom. The molecular formula is C8H14N2. The van der Waals surface area contributed by atoms with E-state index in [1.807, 2.05) is 4.90 Å². The Balaban J connectivity index is 2.56. The maximum atomic E-state index is 8.71. The molecule has 0 aromatic carbocycles. The summed E-state index contributed by atoms with van der Waals surface area (Å²) < 4.78 is 0. The van der Waals surface area contributed by atoms with Crippen LogP contribution in [0.5, 0.6) is 0 Å². The first kappa shape index (κ1) is 7.40. The van der Waals surface area contributed by atoms with Crippen molar-refractivity contribution in [2.75, 3.05) is 0 Å². The first-order valence-corrected chi connectivity index (χ1v) is 3.97. The molecule has 0 aromatic rings. The van der Waals surface area contributed by atoms with Gasteiger partial charge in [0.25, 0.3) is 0 Å². The highest BCUT2D eigenvalue weighted by Gasteiger charge is 2.27. The third-order valence-electron chi connectivity index (χ3n) is 2.37. The van der Waals surface area contributed by atoms with Crippen molar-refractivity contribution in [2.45, 2.75) is 45.2 Å². The molecule has 0 saturated carbocycles. The molecule has 1 saturated heterocycles. The average molecular weight is 138 g/mol. The molecule has 2 nitrogen and oxygen atoms in total. The lowest BCUT2D eigenvalue weighted by molar-refractivity contribution is 0.298. The van der Waals surface area contributed by atoms with Crippen molar-refractivity contribution in [1.29, 1.82) is 5.26 Å². The van der Waals surface area contributed by atoms with Gasteiger partial charge in [-0.15, -0.1) is 0 Å². The van der Waals surface area contributed by atoms with Crippen molar-refractivity contribution in [3.63, 3.8) is 0 Å². The number of nitriles is 1.